The zero-order chi connectivity index (χ0) is 36.8. The molecule has 268 valence electrons. The van der Waals surface area contributed by atoms with Crippen molar-refractivity contribution in [1.29, 1.82) is 0 Å². The number of ether oxygens (including phenoxy) is 2. The van der Waals surface area contributed by atoms with Gasteiger partial charge < -0.3 is 25.2 Å². The predicted octanol–water partition coefficient (Wildman–Crippen LogP) is 7.88. The van der Waals surface area contributed by atoms with Crippen molar-refractivity contribution < 1.29 is 46.9 Å². The lowest BCUT2D eigenvalue weighted by atomic mass is 10.0. The largest absolute Gasteiger partial charge is 0.494 e. The third kappa shape index (κ3) is 12.3. The van der Waals surface area contributed by atoms with Crippen LogP contribution in [0, 0.1) is 0 Å². The number of carbonyl (C=O) groups is 4. The van der Waals surface area contributed by atoms with Crippen molar-refractivity contribution >= 4 is 29.4 Å². The number of hydrogen-bond donors (Lipinski definition) is 3. The van der Waals surface area contributed by atoms with Crippen molar-refractivity contribution in [3.63, 3.8) is 0 Å². The van der Waals surface area contributed by atoms with Crippen LogP contribution in [-0.2, 0) is 28.6 Å². The monoisotopic (exact) mass is 704 g/mol. The first-order chi connectivity index (χ1) is 24.4. The van der Waals surface area contributed by atoms with Gasteiger partial charge in [0.25, 0.3) is 5.91 Å². The highest BCUT2D eigenvalue weighted by Crippen LogP contribution is 2.29. The Morgan fingerprint density at radius 3 is 2.06 bits per heavy atom. The van der Waals surface area contributed by atoms with E-state index in [1.165, 1.54) is 67.8 Å². The number of aliphatic carboxylic acids is 1. The van der Waals surface area contributed by atoms with Gasteiger partial charge in [0.05, 0.1) is 24.2 Å². The predicted molar refractivity (Wildman–Crippen MR) is 185 cm³/mol. The van der Waals surface area contributed by atoms with Crippen LogP contribution in [-0.4, -0.2) is 41.5 Å². The minimum atomic E-state index is -4.53. The van der Waals surface area contributed by atoms with Crippen molar-refractivity contribution in [3.8, 4) is 11.5 Å². The SMILES string of the molecule is CCCCCCCOc1ccc(C(=O)Oc2ccc(C[C@H](NC(=O)c3ccc(NC(=O)Cc4cccc(C(F)(F)F)c4)cc3)C(=O)O)cc2)cc1. The van der Waals surface area contributed by atoms with Crippen molar-refractivity contribution in [1.82, 2.24) is 5.32 Å². The molecule has 9 nitrogen and oxygen atoms in total. The Kier molecular flexibility index (Phi) is 13.7. The molecule has 3 N–H and O–H groups in total. The molecule has 51 heavy (non-hydrogen) atoms. The van der Waals surface area contributed by atoms with Gasteiger partial charge in [-0.15, -0.1) is 0 Å². The number of carboxylic acids is 1. The molecule has 0 saturated heterocycles. The number of nitrogens with one attached hydrogen (secondary N) is 2. The minimum Gasteiger partial charge on any atom is -0.494 e. The van der Waals surface area contributed by atoms with Crippen LogP contribution in [0.4, 0.5) is 18.9 Å². The number of carboxylic acid groups (broad SMARTS) is 1. The summed E-state index contributed by atoms with van der Waals surface area (Å²) in [7, 11) is 0. The number of alkyl halides is 3. The third-order valence-electron chi connectivity index (χ3n) is 7.83. The highest BCUT2D eigenvalue weighted by Gasteiger charge is 2.30. The van der Waals surface area contributed by atoms with Crippen LogP contribution in [0.2, 0.25) is 0 Å². The first-order valence-corrected chi connectivity index (χ1v) is 16.5. The zero-order valence-corrected chi connectivity index (χ0v) is 28.0. The van der Waals surface area contributed by atoms with E-state index in [1.807, 2.05) is 0 Å². The Balaban J connectivity index is 1.25. The van der Waals surface area contributed by atoms with E-state index >= 15 is 0 Å². The summed E-state index contributed by atoms with van der Waals surface area (Å²) in [5.41, 5.74) is 0.665. The number of benzene rings is 4. The Morgan fingerprint density at radius 2 is 1.41 bits per heavy atom. The second kappa shape index (κ2) is 18.4. The van der Waals surface area contributed by atoms with Crippen LogP contribution in [0.15, 0.2) is 97.1 Å². The normalized spacial score (nSPS) is 11.7. The second-order valence-corrected chi connectivity index (χ2v) is 11.9. The standard InChI is InChI=1S/C39H39F3N2O7/c1-2-3-4-5-6-22-50-32-20-14-29(15-21-32)38(49)51-33-18-10-26(11-19-33)24-34(37(47)48)44-36(46)28-12-16-31(17-13-28)43-35(45)25-27-8-7-9-30(23-27)39(40,41)42/h7-21,23,34H,2-6,22,24-25H2,1H3,(H,43,45)(H,44,46)(H,47,48)/t34-/m0/s1. The molecule has 0 aliphatic carbocycles. The van der Waals surface area contributed by atoms with Gasteiger partial charge in [0.1, 0.15) is 17.5 Å². The van der Waals surface area contributed by atoms with E-state index in [9.17, 15) is 37.5 Å². The molecule has 0 heterocycles. The molecule has 12 heteroatoms. The first kappa shape index (κ1) is 38.2. The maximum atomic E-state index is 13.0. The van der Waals surface area contributed by atoms with Crippen molar-refractivity contribution in [2.75, 3.05) is 11.9 Å². The second-order valence-electron chi connectivity index (χ2n) is 11.9. The molecule has 0 saturated carbocycles. The third-order valence-corrected chi connectivity index (χ3v) is 7.83. The van der Waals surface area contributed by atoms with Gasteiger partial charge in [0.2, 0.25) is 5.91 Å². The summed E-state index contributed by atoms with van der Waals surface area (Å²) in [6, 6.07) is 21.7. The summed E-state index contributed by atoms with van der Waals surface area (Å²) in [4.78, 5) is 49.9. The number of carbonyl (C=O) groups excluding carboxylic acids is 3. The molecule has 0 aliphatic heterocycles. The van der Waals surface area contributed by atoms with Gasteiger partial charge >= 0.3 is 18.1 Å². The topological polar surface area (TPSA) is 131 Å². The fourth-order valence-electron chi connectivity index (χ4n) is 5.07. The van der Waals surface area contributed by atoms with Gasteiger partial charge in [0, 0.05) is 17.7 Å². The molecule has 0 unspecified atom stereocenters. The summed E-state index contributed by atoms with van der Waals surface area (Å²) < 4.78 is 50.1. The minimum absolute atomic E-state index is 0.0565. The van der Waals surface area contributed by atoms with Crippen molar-refractivity contribution in [2.24, 2.45) is 0 Å². The summed E-state index contributed by atoms with van der Waals surface area (Å²) in [6.45, 7) is 2.78. The molecule has 4 aromatic rings. The lowest BCUT2D eigenvalue weighted by Crippen LogP contribution is -2.42. The molecule has 1 atom stereocenters. The van der Waals surface area contributed by atoms with E-state index in [2.05, 4.69) is 17.6 Å². The molecule has 0 aromatic heterocycles. The Bertz CT molecular complexity index is 1770. The summed E-state index contributed by atoms with van der Waals surface area (Å²) in [5, 5.41) is 14.8. The molecule has 0 aliphatic rings. The zero-order valence-electron chi connectivity index (χ0n) is 28.0. The molecule has 0 fully saturated rings. The number of rotatable bonds is 17. The molecule has 0 spiro atoms. The van der Waals surface area contributed by atoms with Gasteiger partial charge in [-0.25, -0.2) is 9.59 Å². The first-order valence-electron chi connectivity index (χ1n) is 16.5. The fraction of sp³-hybridized carbons (Fsp3) is 0.282. The van der Waals surface area contributed by atoms with Crippen LogP contribution >= 0.6 is 0 Å². The van der Waals surface area contributed by atoms with Gasteiger partial charge in [-0.2, -0.15) is 13.2 Å². The average Bonchev–Trinajstić information content (AvgIpc) is 3.10. The maximum Gasteiger partial charge on any atom is 0.416 e. The van der Waals surface area contributed by atoms with E-state index in [-0.39, 0.29) is 29.7 Å². The fourth-order valence-corrected chi connectivity index (χ4v) is 5.07. The van der Waals surface area contributed by atoms with Crippen LogP contribution in [0.1, 0.15) is 76.4 Å². The van der Waals surface area contributed by atoms with Crippen molar-refractivity contribution in [3.05, 3.63) is 125 Å². The van der Waals surface area contributed by atoms with E-state index in [4.69, 9.17) is 9.47 Å². The molecular weight excluding hydrogens is 665 g/mol. The molecule has 0 bridgehead atoms. The van der Waals surface area contributed by atoms with E-state index in [1.54, 1.807) is 36.4 Å². The molecule has 4 aromatic carbocycles. The summed E-state index contributed by atoms with van der Waals surface area (Å²) in [5.74, 6) is -2.12. The van der Waals surface area contributed by atoms with Crippen LogP contribution in [0.5, 0.6) is 11.5 Å². The average molecular weight is 705 g/mol. The Morgan fingerprint density at radius 1 is 0.765 bits per heavy atom. The van der Waals surface area contributed by atoms with Gasteiger partial charge in [-0.3, -0.25) is 9.59 Å². The van der Waals surface area contributed by atoms with E-state index in [0.29, 0.717) is 29.2 Å². The molecular formula is C39H39F3N2O7. The van der Waals surface area contributed by atoms with Crippen LogP contribution < -0.4 is 20.1 Å². The van der Waals surface area contributed by atoms with Gasteiger partial charge in [0.15, 0.2) is 0 Å². The Hall–Kier alpha value is -5.65. The van der Waals surface area contributed by atoms with E-state index < -0.39 is 41.5 Å². The smallest absolute Gasteiger partial charge is 0.416 e. The molecule has 0 radical (unpaired) electrons. The van der Waals surface area contributed by atoms with E-state index in [0.717, 1.165) is 25.0 Å². The van der Waals surface area contributed by atoms with Gasteiger partial charge in [-0.1, -0.05) is 62.9 Å². The van der Waals surface area contributed by atoms with Crippen LogP contribution in [0.3, 0.4) is 0 Å². The lowest BCUT2D eigenvalue weighted by Gasteiger charge is -2.15. The molecule has 2 amide bonds. The number of halogens is 3. The number of unbranched alkanes of at least 4 members (excludes halogenated alkanes) is 4. The quantitative estimate of drug-likeness (QED) is 0.0579. The van der Waals surface area contributed by atoms with Crippen LogP contribution in [0.25, 0.3) is 0 Å². The number of hydrogen-bond acceptors (Lipinski definition) is 6. The number of esters is 1. The lowest BCUT2D eigenvalue weighted by molar-refractivity contribution is -0.139. The Labute approximate surface area is 293 Å². The molecule has 4 rings (SSSR count). The maximum absolute atomic E-state index is 13.0. The summed E-state index contributed by atoms with van der Waals surface area (Å²) in [6.07, 6.45) is 0.792. The summed E-state index contributed by atoms with van der Waals surface area (Å²) >= 11 is 0. The number of anilines is 1. The van der Waals surface area contributed by atoms with Crippen molar-refractivity contribution in [2.45, 2.75) is 64.1 Å². The number of amides is 2. The highest BCUT2D eigenvalue weighted by atomic mass is 19.4. The van der Waals surface area contributed by atoms with Gasteiger partial charge in [-0.05, 0) is 84.3 Å². The highest BCUT2D eigenvalue weighted by molar-refractivity contribution is 5.98.